The van der Waals surface area contributed by atoms with Crippen molar-refractivity contribution in [1.29, 1.82) is 0 Å². The zero-order valence-corrected chi connectivity index (χ0v) is 9.13. The van der Waals surface area contributed by atoms with E-state index in [0.29, 0.717) is 13.1 Å². The highest BCUT2D eigenvalue weighted by Gasteiger charge is 2.05. The summed E-state index contributed by atoms with van der Waals surface area (Å²) in [7, 11) is 1.99. The zero-order chi connectivity index (χ0) is 11.1. The summed E-state index contributed by atoms with van der Waals surface area (Å²) in [5.41, 5.74) is 6.61. The molecule has 0 saturated heterocycles. The van der Waals surface area contributed by atoms with Crippen molar-refractivity contribution in [2.24, 2.45) is 5.73 Å². The molecule has 1 aromatic heterocycles. The summed E-state index contributed by atoms with van der Waals surface area (Å²) in [6.45, 7) is 1.86. The van der Waals surface area contributed by atoms with Crippen LogP contribution in [-0.4, -0.2) is 47.8 Å². The second-order valence-electron chi connectivity index (χ2n) is 3.76. The Morgan fingerprint density at radius 2 is 2.13 bits per heavy atom. The number of hydrogen-bond acceptors (Lipinski definition) is 4. The van der Waals surface area contributed by atoms with Gasteiger partial charge < -0.3 is 15.7 Å². The predicted molar refractivity (Wildman–Crippen MR) is 60.5 cm³/mol. The van der Waals surface area contributed by atoms with Crippen molar-refractivity contribution in [1.82, 2.24) is 9.88 Å². The molecule has 0 radical (unpaired) electrons. The molecule has 1 unspecified atom stereocenters. The van der Waals surface area contributed by atoms with Gasteiger partial charge in [-0.1, -0.05) is 0 Å². The van der Waals surface area contributed by atoms with Gasteiger partial charge in [0.05, 0.1) is 6.10 Å². The summed E-state index contributed by atoms with van der Waals surface area (Å²) in [5, 5.41) is 9.35. The highest BCUT2D eigenvalue weighted by atomic mass is 16.3. The maximum Gasteiger partial charge on any atom is 0.0788 e. The predicted octanol–water partition coefficient (Wildman–Crippen LogP) is -0.124. The smallest absolute Gasteiger partial charge is 0.0788 e. The third-order valence-corrected chi connectivity index (χ3v) is 2.33. The number of rotatable bonds is 6. The summed E-state index contributed by atoms with van der Waals surface area (Å²) in [6.07, 6.45) is 4.14. The topological polar surface area (TPSA) is 62.4 Å². The molecular weight excluding hydrogens is 190 g/mol. The van der Waals surface area contributed by atoms with Crippen LogP contribution < -0.4 is 5.73 Å². The average Bonchev–Trinajstić information content (AvgIpc) is 2.27. The Morgan fingerprint density at radius 1 is 1.47 bits per heavy atom. The lowest BCUT2D eigenvalue weighted by atomic mass is 10.2. The largest absolute Gasteiger partial charge is 0.390 e. The number of hydrogen-bond donors (Lipinski definition) is 2. The minimum Gasteiger partial charge on any atom is -0.390 e. The number of aromatic nitrogens is 1. The molecule has 0 fully saturated rings. The lowest BCUT2D eigenvalue weighted by Gasteiger charge is -2.19. The third-order valence-electron chi connectivity index (χ3n) is 2.33. The van der Waals surface area contributed by atoms with E-state index in [1.165, 1.54) is 5.56 Å². The molecule has 15 heavy (non-hydrogen) atoms. The molecule has 0 saturated carbocycles. The highest BCUT2D eigenvalue weighted by Crippen LogP contribution is 1.99. The van der Waals surface area contributed by atoms with Crippen LogP contribution in [-0.2, 0) is 6.42 Å². The van der Waals surface area contributed by atoms with E-state index in [0.717, 1.165) is 13.0 Å². The Balaban J connectivity index is 2.25. The molecule has 84 valence electrons. The van der Waals surface area contributed by atoms with Crippen molar-refractivity contribution in [3.63, 3.8) is 0 Å². The van der Waals surface area contributed by atoms with E-state index in [2.05, 4.69) is 9.88 Å². The molecule has 0 aliphatic carbocycles. The van der Waals surface area contributed by atoms with Gasteiger partial charge in [-0.05, 0) is 31.2 Å². The molecule has 3 N–H and O–H groups in total. The fourth-order valence-corrected chi connectivity index (χ4v) is 1.40. The van der Waals surface area contributed by atoms with Crippen molar-refractivity contribution in [2.45, 2.75) is 12.5 Å². The van der Waals surface area contributed by atoms with Crippen LogP contribution in [0, 0.1) is 0 Å². The van der Waals surface area contributed by atoms with Gasteiger partial charge in [-0.3, -0.25) is 4.98 Å². The van der Waals surface area contributed by atoms with Gasteiger partial charge in [0.15, 0.2) is 0 Å². The van der Waals surface area contributed by atoms with E-state index in [4.69, 9.17) is 5.73 Å². The summed E-state index contributed by atoms with van der Waals surface area (Å²) in [6, 6.07) is 4.01. The van der Waals surface area contributed by atoms with Crippen LogP contribution in [0.15, 0.2) is 24.5 Å². The van der Waals surface area contributed by atoms with E-state index >= 15 is 0 Å². The normalized spacial score (nSPS) is 13.1. The summed E-state index contributed by atoms with van der Waals surface area (Å²) < 4.78 is 0. The van der Waals surface area contributed by atoms with E-state index in [9.17, 15) is 5.11 Å². The number of aliphatic hydroxyl groups excluding tert-OH is 1. The summed E-state index contributed by atoms with van der Waals surface area (Å²) in [4.78, 5) is 6.05. The molecule has 0 spiro atoms. The van der Waals surface area contributed by atoms with Crippen LogP contribution in [0.3, 0.4) is 0 Å². The second-order valence-corrected chi connectivity index (χ2v) is 3.76. The molecule has 4 heteroatoms. The van der Waals surface area contributed by atoms with E-state index < -0.39 is 6.10 Å². The van der Waals surface area contributed by atoms with Gasteiger partial charge in [0.1, 0.15) is 0 Å². The van der Waals surface area contributed by atoms with E-state index in [-0.39, 0.29) is 0 Å². The van der Waals surface area contributed by atoms with Crippen LogP contribution in [0.5, 0.6) is 0 Å². The standard InChI is InChI=1S/C11H19N3O/c1-14(9-11(15)8-12)7-4-10-2-5-13-6-3-10/h2-3,5-6,11,15H,4,7-9,12H2,1H3. The molecule has 1 heterocycles. The first-order valence-corrected chi connectivity index (χ1v) is 5.18. The molecule has 4 nitrogen and oxygen atoms in total. The molecule has 1 rings (SSSR count). The first-order chi connectivity index (χ1) is 7.22. The SMILES string of the molecule is CN(CCc1ccncc1)CC(O)CN. The minimum atomic E-state index is -0.424. The van der Waals surface area contributed by atoms with Gasteiger partial charge >= 0.3 is 0 Å². The third kappa shape index (κ3) is 4.88. The van der Waals surface area contributed by atoms with Crippen LogP contribution in [0.1, 0.15) is 5.56 Å². The maximum absolute atomic E-state index is 9.35. The average molecular weight is 209 g/mol. The molecule has 0 amide bonds. The van der Waals surface area contributed by atoms with Crippen molar-refractivity contribution >= 4 is 0 Å². The van der Waals surface area contributed by atoms with Gasteiger partial charge in [-0.2, -0.15) is 0 Å². The van der Waals surface area contributed by atoms with Crippen LogP contribution >= 0.6 is 0 Å². The van der Waals surface area contributed by atoms with Gasteiger partial charge in [0.2, 0.25) is 0 Å². The molecule has 0 aliphatic heterocycles. The van der Waals surface area contributed by atoms with E-state index in [1.807, 2.05) is 19.2 Å². The molecule has 0 aromatic carbocycles. The van der Waals surface area contributed by atoms with Gasteiger partial charge in [-0.25, -0.2) is 0 Å². The molecule has 0 bridgehead atoms. The van der Waals surface area contributed by atoms with Gasteiger partial charge in [-0.15, -0.1) is 0 Å². The fraction of sp³-hybridized carbons (Fsp3) is 0.545. The Morgan fingerprint density at radius 3 is 2.73 bits per heavy atom. The quantitative estimate of drug-likeness (QED) is 0.685. The van der Waals surface area contributed by atoms with Crippen molar-refractivity contribution in [3.05, 3.63) is 30.1 Å². The minimum absolute atomic E-state index is 0.319. The van der Waals surface area contributed by atoms with Crippen molar-refractivity contribution in [2.75, 3.05) is 26.7 Å². The van der Waals surface area contributed by atoms with Crippen LogP contribution in [0.25, 0.3) is 0 Å². The number of aliphatic hydroxyl groups is 1. The first-order valence-electron chi connectivity index (χ1n) is 5.18. The van der Waals surface area contributed by atoms with Gasteiger partial charge in [0, 0.05) is 32.0 Å². The van der Waals surface area contributed by atoms with Crippen LogP contribution in [0.2, 0.25) is 0 Å². The van der Waals surface area contributed by atoms with E-state index in [1.54, 1.807) is 12.4 Å². The Hall–Kier alpha value is -0.970. The summed E-state index contributed by atoms with van der Waals surface area (Å²) >= 11 is 0. The summed E-state index contributed by atoms with van der Waals surface area (Å²) in [5.74, 6) is 0. The van der Waals surface area contributed by atoms with Crippen LogP contribution in [0.4, 0.5) is 0 Å². The molecule has 1 aromatic rings. The Labute approximate surface area is 90.7 Å². The number of pyridine rings is 1. The number of nitrogens with two attached hydrogens (primary N) is 1. The number of likely N-dealkylation sites (N-methyl/N-ethyl adjacent to an activating group) is 1. The second kappa shape index (κ2) is 6.50. The Kier molecular flexibility index (Phi) is 5.25. The van der Waals surface area contributed by atoms with Crippen molar-refractivity contribution < 1.29 is 5.11 Å². The van der Waals surface area contributed by atoms with Gasteiger partial charge in [0.25, 0.3) is 0 Å². The molecular formula is C11H19N3O. The highest BCUT2D eigenvalue weighted by molar-refractivity contribution is 5.09. The lowest BCUT2D eigenvalue weighted by molar-refractivity contribution is 0.133. The zero-order valence-electron chi connectivity index (χ0n) is 9.13. The first kappa shape index (κ1) is 12.1. The Bertz CT molecular complexity index is 266. The monoisotopic (exact) mass is 209 g/mol. The maximum atomic E-state index is 9.35. The van der Waals surface area contributed by atoms with Crippen molar-refractivity contribution in [3.8, 4) is 0 Å². The lowest BCUT2D eigenvalue weighted by Crippen LogP contribution is -2.35. The molecule has 0 aliphatic rings. The fourth-order valence-electron chi connectivity index (χ4n) is 1.40. The molecule has 1 atom stereocenters. The number of nitrogens with zero attached hydrogens (tertiary/aromatic N) is 2.